The van der Waals surface area contributed by atoms with Crippen LogP contribution in [0.4, 0.5) is 0 Å². The average molecular weight is 186 g/mol. The van der Waals surface area contributed by atoms with Gasteiger partial charge in [0.05, 0.1) is 5.56 Å². The van der Waals surface area contributed by atoms with Crippen LogP contribution in [0.3, 0.4) is 0 Å². The van der Waals surface area contributed by atoms with E-state index in [9.17, 15) is 9.90 Å². The summed E-state index contributed by atoms with van der Waals surface area (Å²) in [6.07, 6.45) is 3.26. The number of carbonyl (C=O) groups excluding carboxylic acids is 1. The lowest BCUT2D eigenvalue weighted by atomic mass is 10.1. The Hall–Kier alpha value is -2.10. The SMILES string of the molecule is O=C1c2cccnc2-n2ccc(O)c21. The Kier molecular flexibility index (Phi) is 1.16. The summed E-state index contributed by atoms with van der Waals surface area (Å²) in [7, 11) is 0. The molecule has 0 saturated heterocycles. The molecule has 0 fully saturated rings. The zero-order valence-corrected chi connectivity index (χ0v) is 7.14. The first kappa shape index (κ1) is 7.32. The molecule has 0 unspecified atom stereocenters. The molecule has 0 amide bonds. The highest BCUT2D eigenvalue weighted by molar-refractivity contribution is 6.14. The molecule has 0 radical (unpaired) electrons. The lowest BCUT2D eigenvalue weighted by molar-refractivity contribution is 0.103. The maximum atomic E-state index is 11.7. The van der Waals surface area contributed by atoms with Gasteiger partial charge in [-0.05, 0) is 18.2 Å². The molecular formula is C10H6N2O2. The fraction of sp³-hybridized carbons (Fsp3) is 0. The van der Waals surface area contributed by atoms with Gasteiger partial charge in [0.2, 0.25) is 5.78 Å². The van der Waals surface area contributed by atoms with Crippen LogP contribution in [-0.2, 0) is 0 Å². The molecule has 0 saturated carbocycles. The fourth-order valence-electron chi connectivity index (χ4n) is 1.72. The van der Waals surface area contributed by atoms with Gasteiger partial charge in [-0.2, -0.15) is 0 Å². The van der Waals surface area contributed by atoms with E-state index in [0.29, 0.717) is 17.1 Å². The summed E-state index contributed by atoms with van der Waals surface area (Å²) >= 11 is 0. The molecule has 2 aromatic rings. The summed E-state index contributed by atoms with van der Waals surface area (Å²) < 4.78 is 1.60. The first-order valence-corrected chi connectivity index (χ1v) is 4.19. The van der Waals surface area contributed by atoms with Crippen molar-refractivity contribution in [2.24, 2.45) is 0 Å². The highest BCUT2D eigenvalue weighted by Gasteiger charge is 2.30. The van der Waals surface area contributed by atoms with E-state index in [0.717, 1.165) is 0 Å². The number of nitrogens with zero attached hydrogens (tertiary/aromatic N) is 2. The smallest absolute Gasteiger partial charge is 0.217 e. The van der Waals surface area contributed by atoms with Crippen molar-refractivity contribution >= 4 is 5.78 Å². The number of hydrogen-bond donors (Lipinski definition) is 1. The van der Waals surface area contributed by atoms with Crippen LogP contribution in [0.25, 0.3) is 5.82 Å². The van der Waals surface area contributed by atoms with Gasteiger partial charge in [-0.3, -0.25) is 9.36 Å². The van der Waals surface area contributed by atoms with Gasteiger partial charge in [0, 0.05) is 12.4 Å². The van der Waals surface area contributed by atoms with Crippen LogP contribution in [0.5, 0.6) is 5.75 Å². The Bertz CT molecular complexity index is 543. The molecule has 4 heteroatoms. The second-order valence-corrected chi connectivity index (χ2v) is 3.12. The van der Waals surface area contributed by atoms with Gasteiger partial charge in [0.1, 0.15) is 17.3 Å². The highest BCUT2D eigenvalue weighted by atomic mass is 16.3. The van der Waals surface area contributed by atoms with E-state index < -0.39 is 0 Å². The van der Waals surface area contributed by atoms with Crippen LogP contribution in [0.2, 0.25) is 0 Å². The van der Waals surface area contributed by atoms with Gasteiger partial charge >= 0.3 is 0 Å². The van der Waals surface area contributed by atoms with Gasteiger partial charge < -0.3 is 5.11 Å². The standard InChI is InChI=1S/C10H6N2O2/c13-7-3-5-12-8(7)9(14)6-2-1-4-11-10(6)12/h1-5,13H. The number of aromatic nitrogens is 2. The van der Waals surface area contributed by atoms with Crippen LogP contribution in [-0.4, -0.2) is 20.4 Å². The first-order chi connectivity index (χ1) is 6.79. The molecule has 14 heavy (non-hydrogen) atoms. The van der Waals surface area contributed by atoms with E-state index in [2.05, 4.69) is 4.98 Å². The molecule has 1 N–H and O–H groups in total. The third-order valence-corrected chi connectivity index (χ3v) is 2.34. The largest absolute Gasteiger partial charge is 0.506 e. The van der Waals surface area contributed by atoms with Crippen molar-refractivity contribution in [2.45, 2.75) is 0 Å². The van der Waals surface area contributed by atoms with E-state index in [4.69, 9.17) is 0 Å². The molecule has 0 bridgehead atoms. The van der Waals surface area contributed by atoms with Crippen molar-refractivity contribution in [3.63, 3.8) is 0 Å². The molecule has 2 aromatic heterocycles. The van der Waals surface area contributed by atoms with Gasteiger partial charge in [-0.1, -0.05) is 0 Å². The number of pyridine rings is 1. The number of ketones is 1. The quantitative estimate of drug-likeness (QED) is 0.572. The van der Waals surface area contributed by atoms with Gasteiger partial charge in [0.15, 0.2) is 0 Å². The zero-order chi connectivity index (χ0) is 9.71. The number of fused-ring (bicyclic) bond motifs is 3. The third-order valence-electron chi connectivity index (χ3n) is 2.34. The lowest BCUT2D eigenvalue weighted by Crippen LogP contribution is -1.94. The number of aromatic hydroxyl groups is 1. The molecule has 0 aromatic carbocycles. The number of hydrogen-bond acceptors (Lipinski definition) is 3. The van der Waals surface area contributed by atoms with E-state index in [1.54, 1.807) is 29.1 Å². The van der Waals surface area contributed by atoms with Crippen LogP contribution in [0.1, 0.15) is 16.1 Å². The third kappa shape index (κ3) is 0.682. The Balaban J connectivity index is 2.42. The summed E-state index contributed by atoms with van der Waals surface area (Å²) in [6, 6.07) is 4.90. The molecule has 1 aliphatic rings. The molecule has 0 spiro atoms. The van der Waals surface area contributed by atoms with Crippen molar-refractivity contribution < 1.29 is 9.90 Å². The van der Waals surface area contributed by atoms with E-state index in [-0.39, 0.29) is 11.5 Å². The first-order valence-electron chi connectivity index (χ1n) is 4.19. The maximum absolute atomic E-state index is 11.7. The summed E-state index contributed by atoms with van der Waals surface area (Å²) in [6.45, 7) is 0. The van der Waals surface area contributed by atoms with Crippen molar-refractivity contribution in [1.82, 2.24) is 9.55 Å². The maximum Gasteiger partial charge on any atom is 0.217 e. The van der Waals surface area contributed by atoms with Crippen LogP contribution >= 0.6 is 0 Å². The summed E-state index contributed by atoms with van der Waals surface area (Å²) in [5, 5.41) is 9.44. The zero-order valence-electron chi connectivity index (χ0n) is 7.14. The average Bonchev–Trinajstić information content (AvgIpc) is 2.70. The van der Waals surface area contributed by atoms with Crippen molar-refractivity contribution in [3.8, 4) is 11.6 Å². The molecule has 68 valence electrons. The topological polar surface area (TPSA) is 55.1 Å². The van der Waals surface area contributed by atoms with E-state index in [1.807, 2.05) is 0 Å². The minimum absolute atomic E-state index is 0.00741. The summed E-state index contributed by atoms with van der Waals surface area (Å²) in [5.41, 5.74) is 0.845. The fourth-order valence-corrected chi connectivity index (χ4v) is 1.72. The van der Waals surface area contributed by atoms with Crippen molar-refractivity contribution in [2.75, 3.05) is 0 Å². The molecule has 4 nitrogen and oxygen atoms in total. The normalized spacial score (nSPS) is 12.7. The molecule has 3 heterocycles. The number of carbonyl (C=O) groups is 1. The summed E-state index contributed by atoms with van der Waals surface area (Å²) in [4.78, 5) is 15.8. The lowest BCUT2D eigenvalue weighted by Gasteiger charge is -1.96. The van der Waals surface area contributed by atoms with E-state index in [1.165, 1.54) is 6.07 Å². The molecule has 0 aliphatic carbocycles. The predicted molar refractivity (Wildman–Crippen MR) is 48.7 cm³/mol. The molecule has 3 rings (SSSR count). The van der Waals surface area contributed by atoms with Crippen LogP contribution in [0, 0.1) is 0 Å². The van der Waals surface area contributed by atoms with Crippen LogP contribution in [0.15, 0.2) is 30.6 Å². The number of rotatable bonds is 0. The summed E-state index contributed by atoms with van der Waals surface area (Å²) in [5.74, 6) is 0.427. The Labute approximate surface area is 79.4 Å². The van der Waals surface area contributed by atoms with Crippen molar-refractivity contribution in [1.29, 1.82) is 0 Å². The van der Waals surface area contributed by atoms with E-state index >= 15 is 0 Å². The van der Waals surface area contributed by atoms with Gasteiger partial charge in [-0.25, -0.2) is 4.98 Å². The Morgan fingerprint density at radius 2 is 2.21 bits per heavy atom. The Morgan fingerprint density at radius 3 is 3.07 bits per heavy atom. The monoisotopic (exact) mass is 186 g/mol. The van der Waals surface area contributed by atoms with Crippen molar-refractivity contribution in [3.05, 3.63) is 41.9 Å². The minimum Gasteiger partial charge on any atom is -0.506 e. The van der Waals surface area contributed by atoms with Crippen LogP contribution < -0.4 is 0 Å². The van der Waals surface area contributed by atoms with Gasteiger partial charge in [-0.15, -0.1) is 0 Å². The minimum atomic E-state index is -0.171. The predicted octanol–water partition coefficient (Wildman–Crippen LogP) is 1.12. The second kappa shape index (κ2) is 2.23. The molecular weight excluding hydrogens is 180 g/mol. The second-order valence-electron chi connectivity index (χ2n) is 3.12. The molecule has 0 atom stereocenters. The highest BCUT2D eigenvalue weighted by Crippen LogP contribution is 2.31. The Morgan fingerprint density at radius 1 is 1.36 bits per heavy atom. The van der Waals surface area contributed by atoms with Gasteiger partial charge in [0.25, 0.3) is 0 Å². The molecule has 1 aliphatic heterocycles.